The van der Waals surface area contributed by atoms with E-state index >= 15 is 0 Å². The number of hydrogen-bond acceptors (Lipinski definition) is 6. The van der Waals surface area contributed by atoms with E-state index in [0.717, 1.165) is 5.56 Å². The fourth-order valence-corrected chi connectivity index (χ4v) is 3.12. The Morgan fingerprint density at radius 1 is 1.18 bits per heavy atom. The van der Waals surface area contributed by atoms with E-state index in [1.807, 2.05) is 13.0 Å². The molecule has 0 spiro atoms. The number of aryl methyl sites for hydroxylation is 2. The van der Waals surface area contributed by atoms with Crippen LogP contribution in [0.4, 0.5) is 5.69 Å². The summed E-state index contributed by atoms with van der Waals surface area (Å²) in [6.07, 6.45) is 1.48. The SMILES string of the molecule is Cc1ccc(NC(=O)c2cnc3c(c2)nnn3C)cc1C(=O)N1CCOCC1. The summed E-state index contributed by atoms with van der Waals surface area (Å²) in [6.45, 7) is 4.10. The minimum absolute atomic E-state index is 0.0560. The highest BCUT2D eigenvalue weighted by atomic mass is 16.5. The maximum Gasteiger partial charge on any atom is 0.257 e. The van der Waals surface area contributed by atoms with Crippen molar-refractivity contribution >= 4 is 28.7 Å². The normalized spacial score (nSPS) is 14.3. The van der Waals surface area contributed by atoms with Crippen LogP contribution >= 0.6 is 0 Å². The van der Waals surface area contributed by atoms with Crippen LogP contribution in [0.5, 0.6) is 0 Å². The van der Waals surface area contributed by atoms with Gasteiger partial charge in [0.1, 0.15) is 5.52 Å². The number of fused-ring (bicyclic) bond motifs is 1. The van der Waals surface area contributed by atoms with Gasteiger partial charge in [0.15, 0.2) is 5.65 Å². The molecular formula is C19H20N6O3. The van der Waals surface area contributed by atoms with Gasteiger partial charge < -0.3 is 15.0 Å². The number of benzene rings is 1. The highest BCUT2D eigenvalue weighted by molar-refractivity contribution is 6.06. The first-order valence-electron chi connectivity index (χ1n) is 8.97. The fraction of sp³-hybridized carbons (Fsp3) is 0.316. The second-order valence-corrected chi connectivity index (χ2v) is 6.67. The first-order valence-corrected chi connectivity index (χ1v) is 8.97. The van der Waals surface area contributed by atoms with Gasteiger partial charge >= 0.3 is 0 Å². The molecule has 0 atom stereocenters. The fourth-order valence-electron chi connectivity index (χ4n) is 3.12. The van der Waals surface area contributed by atoms with E-state index in [4.69, 9.17) is 4.74 Å². The molecule has 2 amide bonds. The van der Waals surface area contributed by atoms with Gasteiger partial charge in [0.25, 0.3) is 11.8 Å². The maximum absolute atomic E-state index is 12.8. The van der Waals surface area contributed by atoms with Gasteiger partial charge in [-0.1, -0.05) is 11.3 Å². The lowest BCUT2D eigenvalue weighted by Gasteiger charge is -2.27. The van der Waals surface area contributed by atoms with Crippen LogP contribution in [0.15, 0.2) is 30.5 Å². The van der Waals surface area contributed by atoms with Crippen molar-refractivity contribution in [2.24, 2.45) is 7.05 Å². The minimum atomic E-state index is -0.325. The van der Waals surface area contributed by atoms with Crippen LogP contribution < -0.4 is 5.32 Å². The van der Waals surface area contributed by atoms with Crippen molar-refractivity contribution in [3.8, 4) is 0 Å². The molecule has 4 rings (SSSR count). The molecule has 0 bridgehead atoms. The Hall–Kier alpha value is -3.33. The van der Waals surface area contributed by atoms with Crippen molar-refractivity contribution in [1.82, 2.24) is 24.9 Å². The van der Waals surface area contributed by atoms with E-state index in [-0.39, 0.29) is 11.8 Å². The summed E-state index contributed by atoms with van der Waals surface area (Å²) < 4.78 is 6.85. The number of carbonyl (C=O) groups excluding carboxylic acids is 2. The van der Waals surface area contributed by atoms with Gasteiger partial charge in [-0.3, -0.25) is 9.59 Å². The summed E-state index contributed by atoms with van der Waals surface area (Å²) in [5.41, 5.74) is 3.49. The van der Waals surface area contributed by atoms with Crippen LogP contribution in [-0.2, 0) is 11.8 Å². The first kappa shape index (κ1) is 18.1. The van der Waals surface area contributed by atoms with Crippen molar-refractivity contribution in [1.29, 1.82) is 0 Å². The van der Waals surface area contributed by atoms with Gasteiger partial charge in [0.05, 0.1) is 18.8 Å². The molecule has 0 radical (unpaired) electrons. The van der Waals surface area contributed by atoms with Crippen LogP contribution in [0.2, 0.25) is 0 Å². The number of carbonyl (C=O) groups is 2. The average molecular weight is 380 g/mol. The number of pyridine rings is 1. The Labute approximate surface area is 161 Å². The first-order chi connectivity index (χ1) is 13.5. The number of hydrogen-bond donors (Lipinski definition) is 1. The van der Waals surface area contributed by atoms with E-state index in [2.05, 4.69) is 20.6 Å². The number of anilines is 1. The molecule has 1 fully saturated rings. The molecule has 2 aromatic heterocycles. The third-order valence-corrected chi connectivity index (χ3v) is 4.73. The van der Waals surface area contributed by atoms with Gasteiger partial charge in [-0.2, -0.15) is 0 Å². The van der Waals surface area contributed by atoms with Crippen LogP contribution in [0.3, 0.4) is 0 Å². The molecule has 1 aliphatic rings. The molecule has 144 valence electrons. The van der Waals surface area contributed by atoms with E-state index < -0.39 is 0 Å². The third-order valence-electron chi connectivity index (χ3n) is 4.73. The van der Waals surface area contributed by atoms with Gasteiger partial charge in [-0.15, -0.1) is 5.10 Å². The molecule has 0 unspecified atom stereocenters. The molecule has 3 heterocycles. The molecule has 3 aromatic rings. The summed E-state index contributed by atoms with van der Waals surface area (Å²) in [5.74, 6) is -0.381. The van der Waals surface area contributed by atoms with Gasteiger partial charge in [0.2, 0.25) is 0 Å². The van der Waals surface area contributed by atoms with Crippen molar-refractivity contribution < 1.29 is 14.3 Å². The highest BCUT2D eigenvalue weighted by Crippen LogP contribution is 2.19. The van der Waals surface area contributed by atoms with Gasteiger partial charge in [0, 0.05) is 37.6 Å². The highest BCUT2D eigenvalue weighted by Gasteiger charge is 2.21. The van der Waals surface area contributed by atoms with Crippen molar-refractivity contribution in [2.45, 2.75) is 6.92 Å². The zero-order valence-electron chi connectivity index (χ0n) is 15.7. The maximum atomic E-state index is 12.8. The number of morpholine rings is 1. The summed E-state index contributed by atoms with van der Waals surface area (Å²) in [5, 5.41) is 10.7. The van der Waals surface area contributed by atoms with Crippen molar-refractivity contribution in [3.63, 3.8) is 0 Å². The van der Waals surface area contributed by atoms with E-state index in [0.29, 0.717) is 54.3 Å². The molecular weight excluding hydrogens is 360 g/mol. The van der Waals surface area contributed by atoms with Crippen molar-refractivity contribution in [3.05, 3.63) is 47.2 Å². The Kier molecular flexibility index (Phi) is 4.74. The standard InChI is InChI=1S/C19H20N6O3/c1-12-3-4-14(10-15(12)19(27)25-5-7-28-8-6-25)21-18(26)13-9-16-17(20-11-13)24(2)23-22-16/h3-4,9-11H,5-8H2,1-2H3,(H,21,26). The lowest BCUT2D eigenvalue weighted by Crippen LogP contribution is -2.41. The van der Waals surface area contributed by atoms with Crippen LogP contribution in [0.25, 0.3) is 11.2 Å². The molecule has 1 aliphatic heterocycles. The van der Waals surface area contributed by atoms with Crippen LogP contribution in [0.1, 0.15) is 26.3 Å². The quantitative estimate of drug-likeness (QED) is 0.737. The largest absolute Gasteiger partial charge is 0.378 e. The number of aromatic nitrogens is 4. The molecule has 1 N–H and O–H groups in total. The topological polar surface area (TPSA) is 102 Å². The zero-order valence-corrected chi connectivity index (χ0v) is 15.7. The monoisotopic (exact) mass is 380 g/mol. The van der Waals surface area contributed by atoms with E-state index in [1.165, 1.54) is 6.20 Å². The molecule has 1 saturated heterocycles. The molecule has 28 heavy (non-hydrogen) atoms. The number of nitrogens with one attached hydrogen (secondary N) is 1. The Morgan fingerprint density at radius 2 is 1.96 bits per heavy atom. The summed E-state index contributed by atoms with van der Waals surface area (Å²) in [6, 6.07) is 6.95. The smallest absolute Gasteiger partial charge is 0.257 e. The molecule has 9 nitrogen and oxygen atoms in total. The Bertz CT molecular complexity index is 1060. The molecule has 0 aliphatic carbocycles. The van der Waals surface area contributed by atoms with Crippen LogP contribution in [-0.4, -0.2) is 63.0 Å². The second kappa shape index (κ2) is 7.35. The third kappa shape index (κ3) is 3.44. The average Bonchev–Trinajstić information content (AvgIpc) is 3.10. The Morgan fingerprint density at radius 3 is 2.75 bits per heavy atom. The summed E-state index contributed by atoms with van der Waals surface area (Å²) in [7, 11) is 1.74. The Balaban J connectivity index is 1.55. The van der Waals surface area contributed by atoms with Gasteiger partial charge in [-0.25, -0.2) is 9.67 Å². The molecule has 9 heteroatoms. The predicted molar refractivity (Wildman–Crippen MR) is 102 cm³/mol. The number of ether oxygens (including phenoxy) is 1. The number of nitrogens with zero attached hydrogens (tertiary/aromatic N) is 5. The molecule has 0 saturated carbocycles. The predicted octanol–water partition coefficient (Wildman–Crippen LogP) is 1.40. The number of amides is 2. The summed E-state index contributed by atoms with van der Waals surface area (Å²) >= 11 is 0. The number of rotatable bonds is 3. The summed E-state index contributed by atoms with van der Waals surface area (Å²) in [4.78, 5) is 31.4. The molecule has 1 aromatic carbocycles. The zero-order chi connectivity index (χ0) is 19.7. The van der Waals surface area contributed by atoms with Crippen LogP contribution in [0, 0.1) is 6.92 Å². The lowest BCUT2D eigenvalue weighted by atomic mass is 10.1. The minimum Gasteiger partial charge on any atom is -0.378 e. The van der Waals surface area contributed by atoms with E-state index in [9.17, 15) is 9.59 Å². The van der Waals surface area contributed by atoms with E-state index in [1.54, 1.807) is 34.8 Å². The lowest BCUT2D eigenvalue weighted by molar-refractivity contribution is 0.0302. The van der Waals surface area contributed by atoms with Crippen molar-refractivity contribution in [2.75, 3.05) is 31.6 Å². The second-order valence-electron chi connectivity index (χ2n) is 6.67. The van der Waals surface area contributed by atoms with Gasteiger partial charge in [-0.05, 0) is 30.7 Å².